The first-order chi connectivity index (χ1) is 9.71. The highest BCUT2D eigenvalue weighted by atomic mass is 79.9. The summed E-state index contributed by atoms with van der Waals surface area (Å²) in [4.78, 5) is 10.3. The van der Waals surface area contributed by atoms with E-state index in [4.69, 9.17) is 9.84 Å². The van der Waals surface area contributed by atoms with Crippen molar-refractivity contribution in [3.05, 3.63) is 28.0 Å². The predicted octanol–water partition coefficient (Wildman–Crippen LogP) is 1.94. The average molecular weight is 384 g/mol. The van der Waals surface area contributed by atoms with Gasteiger partial charge in [0.05, 0.1) is 5.56 Å². The Labute approximate surface area is 130 Å². The summed E-state index contributed by atoms with van der Waals surface area (Å²) >= 11 is 2.99. The monoisotopic (exact) mass is 383 g/mol. The van der Waals surface area contributed by atoms with E-state index in [-0.39, 0.29) is 11.0 Å². The molecule has 9 heteroatoms. The van der Waals surface area contributed by atoms with Crippen molar-refractivity contribution in [3.8, 4) is 0 Å². The smallest absolute Gasteiger partial charge is 0.338 e. The number of carbonyl (C=O) groups is 1. The molecule has 0 radical (unpaired) electrons. The van der Waals surface area contributed by atoms with E-state index in [1.54, 1.807) is 0 Å². The zero-order valence-electron chi connectivity index (χ0n) is 11.5. The Hall–Kier alpha value is -1.03. The lowest BCUT2D eigenvalue weighted by Gasteiger charge is -2.18. The minimum absolute atomic E-state index is 0.129. The number of carboxylic acid groups (broad SMARTS) is 1. The third-order valence-electron chi connectivity index (χ3n) is 2.74. The second kappa shape index (κ2) is 7.30. The topological polar surface area (TPSA) is 83.9 Å². The molecule has 118 valence electrons. The van der Waals surface area contributed by atoms with E-state index in [1.807, 2.05) is 0 Å². The molecule has 0 unspecified atom stereocenters. The summed E-state index contributed by atoms with van der Waals surface area (Å²) in [6, 6.07) is 2.06. The lowest BCUT2D eigenvalue weighted by molar-refractivity contribution is 0.0691. The van der Waals surface area contributed by atoms with E-state index in [2.05, 4.69) is 15.9 Å². The van der Waals surface area contributed by atoms with Crippen LogP contribution in [0.15, 0.2) is 21.5 Å². The van der Waals surface area contributed by atoms with Crippen LogP contribution in [0.3, 0.4) is 0 Å². The van der Waals surface area contributed by atoms with Gasteiger partial charge in [0.15, 0.2) is 5.82 Å². The first kappa shape index (κ1) is 18.0. The molecule has 0 atom stereocenters. The van der Waals surface area contributed by atoms with Gasteiger partial charge in [0, 0.05) is 31.8 Å². The summed E-state index contributed by atoms with van der Waals surface area (Å²) in [7, 11) is -1.33. The summed E-state index contributed by atoms with van der Waals surface area (Å²) in [5, 5.41) is 8.91. The number of methoxy groups -OCH3 is 1. The molecule has 0 heterocycles. The third kappa shape index (κ3) is 4.22. The number of ether oxygens (including phenoxy) is 1. The van der Waals surface area contributed by atoms with Gasteiger partial charge in [-0.25, -0.2) is 21.9 Å². The SMILES string of the molecule is COCCCN(C)S(=O)(=O)c1cc(Br)cc(C(=O)O)c1F. The van der Waals surface area contributed by atoms with Gasteiger partial charge in [-0.15, -0.1) is 0 Å². The molecule has 0 bridgehead atoms. The fourth-order valence-corrected chi connectivity index (χ4v) is 3.55. The largest absolute Gasteiger partial charge is 0.478 e. The Bertz CT molecular complexity index is 635. The molecule has 0 aliphatic carbocycles. The van der Waals surface area contributed by atoms with Crippen LogP contribution < -0.4 is 0 Å². The molecule has 0 amide bonds. The van der Waals surface area contributed by atoms with Crippen LogP contribution in [0.1, 0.15) is 16.8 Å². The van der Waals surface area contributed by atoms with Gasteiger partial charge in [0.25, 0.3) is 0 Å². The van der Waals surface area contributed by atoms with E-state index in [1.165, 1.54) is 14.2 Å². The van der Waals surface area contributed by atoms with Crippen LogP contribution in [0.25, 0.3) is 0 Å². The molecule has 0 saturated carbocycles. The standard InChI is InChI=1S/C12H15BrFNO5S/c1-15(4-3-5-20-2)21(18,19)10-7-8(13)6-9(11(10)14)12(16)17/h6-7H,3-5H2,1-2H3,(H,16,17). The van der Waals surface area contributed by atoms with Gasteiger partial charge in [-0.1, -0.05) is 15.9 Å². The van der Waals surface area contributed by atoms with Gasteiger partial charge in [0.1, 0.15) is 4.90 Å². The van der Waals surface area contributed by atoms with Crippen molar-refractivity contribution in [1.82, 2.24) is 4.31 Å². The number of benzene rings is 1. The maximum atomic E-state index is 14.1. The number of hydrogen-bond acceptors (Lipinski definition) is 4. The van der Waals surface area contributed by atoms with Gasteiger partial charge in [-0.3, -0.25) is 0 Å². The Kier molecular flexibility index (Phi) is 6.26. The maximum absolute atomic E-state index is 14.1. The van der Waals surface area contributed by atoms with Crippen molar-refractivity contribution in [2.45, 2.75) is 11.3 Å². The molecule has 0 spiro atoms. The van der Waals surface area contributed by atoms with Gasteiger partial charge in [0.2, 0.25) is 10.0 Å². The van der Waals surface area contributed by atoms with Crippen LogP contribution in [0.2, 0.25) is 0 Å². The molecule has 0 fully saturated rings. The van der Waals surface area contributed by atoms with E-state index in [0.717, 1.165) is 16.4 Å². The van der Waals surface area contributed by atoms with Gasteiger partial charge in [-0.05, 0) is 18.6 Å². The molecular formula is C12H15BrFNO5S. The van der Waals surface area contributed by atoms with Gasteiger partial charge in [-0.2, -0.15) is 0 Å². The van der Waals surface area contributed by atoms with Gasteiger partial charge >= 0.3 is 5.97 Å². The fourth-order valence-electron chi connectivity index (χ4n) is 1.63. The van der Waals surface area contributed by atoms with Crippen molar-refractivity contribution >= 4 is 31.9 Å². The van der Waals surface area contributed by atoms with Crippen molar-refractivity contribution < 1.29 is 27.4 Å². The number of nitrogens with zero attached hydrogens (tertiary/aromatic N) is 1. The molecule has 1 aromatic carbocycles. The van der Waals surface area contributed by atoms with Crippen molar-refractivity contribution in [3.63, 3.8) is 0 Å². The lowest BCUT2D eigenvalue weighted by Crippen LogP contribution is -2.29. The number of halogens is 2. The second-order valence-corrected chi connectivity index (χ2v) is 7.17. The highest BCUT2D eigenvalue weighted by Crippen LogP contribution is 2.26. The second-order valence-electron chi connectivity index (χ2n) is 4.24. The Morgan fingerprint density at radius 1 is 1.48 bits per heavy atom. The van der Waals surface area contributed by atoms with Gasteiger partial charge < -0.3 is 9.84 Å². The first-order valence-electron chi connectivity index (χ1n) is 5.89. The average Bonchev–Trinajstić information content (AvgIpc) is 2.40. The molecule has 0 aliphatic rings. The number of hydrogen-bond donors (Lipinski definition) is 1. The molecule has 0 aromatic heterocycles. The molecule has 0 aliphatic heterocycles. The van der Waals surface area contributed by atoms with E-state index in [9.17, 15) is 17.6 Å². The molecule has 21 heavy (non-hydrogen) atoms. The lowest BCUT2D eigenvalue weighted by atomic mass is 10.2. The first-order valence-corrected chi connectivity index (χ1v) is 8.12. The van der Waals surface area contributed by atoms with Crippen molar-refractivity contribution in [2.24, 2.45) is 0 Å². The molecular weight excluding hydrogens is 369 g/mol. The Morgan fingerprint density at radius 2 is 2.10 bits per heavy atom. The molecule has 6 nitrogen and oxygen atoms in total. The minimum Gasteiger partial charge on any atom is -0.478 e. The number of carboxylic acids is 1. The molecule has 0 saturated heterocycles. The number of aromatic carboxylic acids is 1. The Morgan fingerprint density at radius 3 is 2.62 bits per heavy atom. The number of rotatable bonds is 7. The fraction of sp³-hybridized carbons (Fsp3) is 0.417. The zero-order valence-corrected chi connectivity index (χ0v) is 13.9. The highest BCUT2D eigenvalue weighted by molar-refractivity contribution is 9.10. The summed E-state index contributed by atoms with van der Waals surface area (Å²) in [5.74, 6) is -2.81. The molecule has 1 aromatic rings. The zero-order chi connectivity index (χ0) is 16.2. The normalized spacial score (nSPS) is 11.9. The van der Waals surface area contributed by atoms with E-state index in [0.29, 0.717) is 13.0 Å². The highest BCUT2D eigenvalue weighted by Gasteiger charge is 2.28. The van der Waals surface area contributed by atoms with Crippen LogP contribution in [-0.2, 0) is 14.8 Å². The number of sulfonamides is 1. The Balaban J connectivity index is 3.22. The minimum atomic E-state index is -4.12. The predicted molar refractivity (Wildman–Crippen MR) is 77.4 cm³/mol. The third-order valence-corrected chi connectivity index (χ3v) is 5.06. The maximum Gasteiger partial charge on any atom is 0.338 e. The molecule has 1 rings (SSSR count). The van der Waals surface area contributed by atoms with Crippen LogP contribution in [0.5, 0.6) is 0 Å². The van der Waals surface area contributed by atoms with Crippen molar-refractivity contribution in [2.75, 3.05) is 27.3 Å². The van der Waals surface area contributed by atoms with Crippen LogP contribution >= 0.6 is 15.9 Å². The van der Waals surface area contributed by atoms with E-state index >= 15 is 0 Å². The van der Waals surface area contributed by atoms with Crippen molar-refractivity contribution in [1.29, 1.82) is 0 Å². The molecule has 1 N–H and O–H groups in total. The van der Waals surface area contributed by atoms with E-state index < -0.39 is 32.3 Å². The van der Waals surface area contributed by atoms with Crippen LogP contribution in [-0.4, -0.2) is 51.1 Å². The summed E-state index contributed by atoms with van der Waals surface area (Å²) in [6.45, 7) is 0.492. The summed E-state index contributed by atoms with van der Waals surface area (Å²) in [6.07, 6.45) is 0.438. The summed E-state index contributed by atoms with van der Waals surface area (Å²) in [5.41, 5.74) is -0.701. The van der Waals surface area contributed by atoms with Crippen LogP contribution in [0.4, 0.5) is 4.39 Å². The quantitative estimate of drug-likeness (QED) is 0.727. The summed E-state index contributed by atoms with van der Waals surface area (Å²) < 4.78 is 44.7. The van der Waals surface area contributed by atoms with Crippen LogP contribution in [0, 0.1) is 5.82 Å².